The molecule has 222 valence electrons. The normalized spacial score (nSPS) is 13.3. The molecule has 0 bridgehead atoms. The Bertz CT molecular complexity index is 1490. The summed E-state index contributed by atoms with van der Waals surface area (Å²) in [4.78, 5) is 29.7. The number of carboxylic acid groups (broad SMARTS) is 2. The highest BCUT2D eigenvalue weighted by Crippen LogP contribution is 2.25. The van der Waals surface area contributed by atoms with Gasteiger partial charge in [-0.2, -0.15) is 23.3 Å². The van der Waals surface area contributed by atoms with Gasteiger partial charge in [-0.1, -0.05) is 29.4 Å². The highest BCUT2D eigenvalue weighted by atomic mass is 19.4. The van der Waals surface area contributed by atoms with Crippen molar-refractivity contribution >= 4 is 17.8 Å². The minimum Gasteiger partial charge on any atom is -0.481 e. The van der Waals surface area contributed by atoms with E-state index >= 15 is 0 Å². The fourth-order valence-electron chi connectivity index (χ4n) is 4.41. The van der Waals surface area contributed by atoms with E-state index in [1.54, 1.807) is 10.9 Å². The van der Waals surface area contributed by atoms with Crippen molar-refractivity contribution < 1.29 is 37.5 Å². The monoisotopic (exact) mass is 586 g/mol. The number of anilines is 1. The third kappa shape index (κ3) is 8.62. The lowest BCUT2D eigenvalue weighted by Gasteiger charge is -2.17. The van der Waals surface area contributed by atoms with Crippen LogP contribution in [0.3, 0.4) is 0 Å². The van der Waals surface area contributed by atoms with Gasteiger partial charge in [-0.05, 0) is 55.0 Å². The second kappa shape index (κ2) is 13.7. The third-order valence-corrected chi connectivity index (χ3v) is 6.47. The second-order valence-corrected chi connectivity index (χ2v) is 9.65. The molecular formula is C28H29F3N6O5. The number of carboxylic acids is 2. The molecule has 1 aromatic carbocycles. The summed E-state index contributed by atoms with van der Waals surface area (Å²) in [6.07, 6.45) is 3.37. The molecule has 1 aliphatic rings. The molecule has 42 heavy (non-hydrogen) atoms. The zero-order valence-electron chi connectivity index (χ0n) is 22.4. The largest absolute Gasteiger partial charge is 0.490 e. The number of nitrogens with zero attached hydrogens (tertiary/aromatic N) is 5. The number of carbonyl (C=O) groups is 2. The number of pyridine rings is 1. The van der Waals surface area contributed by atoms with Crippen LogP contribution in [-0.4, -0.2) is 59.8 Å². The quantitative estimate of drug-likeness (QED) is 0.240. The number of nitrogens with one attached hydrogen (secondary N) is 1. The maximum atomic E-state index is 11.5. The summed E-state index contributed by atoms with van der Waals surface area (Å²) in [6.45, 7) is 0.977. The Labute approximate surface area is 238 Å². The molecular weight excluding hydrogens is 557 g/mol. The summed E-state index contributed by atoms with van der Waals surface area (Å²) in [6, 6.07) is 14.0. The predicted molar refractivity (Wildman–Crippen MR) is 143 cm³/mol. The fourth-order valence-corrected chi connectivity index (χ4v) is 4.41. The van der Waals surface area contributed by atoms with E-state index in [1.807, 2.05) is 36.5 Å². The molecule has 0 fully saturated rings. The lowest BCUT2D eigenvalue weighted by atomic mass is 9.95. The van der Waals surface area contributed by atoms with Gasteiger partial charge in [0.2, 0.25) is 5.89 Å². The van der Waals surface area contributed by atoms with E-state index in [2.05, 4.69) is 32.7 Å². The van der Waals surface area contributed by atoms with Gasteiger partial charge >= 0.3 is 18.1 Å². The molecule has 1 unspecified atom stereocenters. The van der Waals surface area contributed by atoms with Crippen molar-refractivity contribution in [3.63, 3.8) is 0 Å². The zero-order chi connectivity index (χ0) is 30.1. The molecule has 0 saturated carbocycles. The van der Waals surface area contributed by atoms with Crippen molar-refractivity contribution in [1.29, 1.82) is 0 Å². The van der Waals surface area contributed by atoms with Crippen LogP contribution in [0.5, 0.6) is 0 Å². The number of fused-ring (bicyclic) bond motifs is 1. The Morgan fingerprint density at radius 1 is 1.07 bits per heavy atom. The molecule has 0 radical (unpaired) electrons. The molecule has 5 rings (SSSR count). The van der Waals surface area contributed by atoms with Gasteiger partial charge in [-0.15, -0.1) is 0 Å². The van der Waals surface area contributed by atoms with Gasteiger partial charge in [0.15, 0.2) is 5.82 Å². The molecule has 4 heterocycles. The predicted octanol–water partition coefficient (Wildman–Crippen LogP) is 4.62. The maximum absolute atomic E-state index is 11.5. The van der Waals surface area contributed by atoms with Crippen LogP contribution in [0.25, 0.3) is 5.69 Å². The minimum absolute atomic E-state index is 0.0454. The highest BCUT2D eigenvalue weighted by molar-refractivity contribution is 5.73. The van der Waals surface area contributed by atoms with Crippen LogP contribution in [0.1, 0.15) is 53.7 Å². The Kier molecular flexibility index (Phi) is 9.89. The van der Waals surface area contributed by atoms with Gasteiger partial charge in [-0.3, -0.25) is 4.79 Å². The molecule has 3 N–H and O–H groups in total. The maximum Gasteiger partial charge on any atom is 0.490 e. The summed E-state index contributed by atoms with van der Waals surface area (Å²) in [5.74, 6) is -1.87. The molecule has 0 amide bonds. The van der Waals surface area contributed by atoms with Crippen LogP contribution in [-0.2, 0) is 35.3 Å². The molecule has 0 spiro atoms. The van der Waals surface area contributed by atoms with Gasteiger partial charge in [0.1, 0.15) is 5.82 Å². The van der Waals surface area contributed by atoms with E-state index in [0.717, 1.165) is 55.0 Å². The average molecular weight is 587 g/mol. The van der Waals surface area contributed by atoms with Gasteiger partial charge in [0, 0.05) is 37.2 Å². The molecule has 1 aliphatic heterocycles. The lowest BCUT2D eigenvalue weighted by molar-refractivity contribution is -0.192. The van der Waals surface area contributed by atoms with Crippen LogP contribution in [0.4, 0.5) is 19.0 Å². The lowest BCUT2D eigenvalue weighted by Crippen LogP contribution is -2.21. The molecule has 11 nitrogen and oxygen atoms in total. The standard InChI is InChI=1S/C26H28N6O3.C2HF3O2/c33-25(34)15-19(20-16-28-32(17-20)22-8-2-1-3-9-22)14-24-30-23(31-35-24)10-4-7-21-12-11-18-6-5-13-27-26(18)29-21;3-2(4,5)1(6)7/h1-3,8-9,11-12,16-17,19H,4-7,10,13-15H2,(H,27,29)(H,33,34);(H,6,7). The number of aliphatic carboxylic acids is 2. The number of para-hydroxylation sites is 1. The first-order chi connectivity index (χ1) is 20.1. The molecule has 1 atom stereocenters. The summed E-state index contributed by atoms with van der Waals surface area (Å²) in [5.41, 5.74) is 4.08. The fraction of sp³-hybridized carbons (Fsp3) is 0.357. The molecule has 4 aromatic rings. The van der Waals surface area contributed by atoms with E-state index in [9.17, 15) is 23.1 Å². The number of benzene rings is 1. The smallest absolute Gasteiger partial charge is 0.481 e. The van der Waals surface area contributed by atoms with Crippen molar-refractivity contribution in [2.75, 3.05) is 11.9 Å². The molecule has 14 heteroatoms. The summed E-state index contributed by atoms with van der Waals surface area (Å²) >= 11 is 0. The Balaban J connectivity index is 0.000000517. The number of rotatable bonds is 10. The summed E-state index contributed by atoms with van der Waals surface area (Å²) in [7, 11) is 0. The molecule has 3 aromatic heterocycles. The molecule has 0 aliphatic carbocycles. The van der Waals surface area contributed by atoms with Crippen molar-refractivity contribution in [2.45, 2.75) is 57.0 Å². The topological polar surface area (TPSA) is 156 Å². The number of halogens is 3. The van der Waals surface area contributed by atoms with Crippen LogP contribution in [0.15, 0.2) is 59.4 Å². The minimum atomic E-state index is -5.08. The van der Waals surface area contributed by atoms with E-state index in [0.29, 0.717) is 24.6 Å². The number of aromatic nitrogens is 5. The summed E-state index contributed by atoms with van der Waals surface area (Å²) < 4.78 is 38.9. The first-order valence-corrected chi connectivity index (χ1v) is 13.2. The van der Waals surface area contributed by atoms with Gasteiger partial charge in [0.25, 0.3) is 0 Å². The van der Waals surface area contributed by atoms with Gasteiger partial charge in [0.05, 0.1) is 18.3 Å². The Morgan fingerprint density at radius 2 is 1.83 bits per heavy atom. The first-order valence-electron chi connectivity index (χ1n) is 13.2. The summed E-state index contributed by atoms with van der Waals surface area (Å²) in [5, 5.41) is 28.5. The van der Waals surface area contributed by atoms with Crippen LogP contribution in [0.2, 0.25) is 0 Å². The number of alkyl halides is 3. The van der Waals surface area contributed by atoms with E-state index in [-0.39, 0.29) is 12.3 Å². The highest BCUT2D eigenvalue weighted by Gasteiger charge is 2.38. The Morgan fingerprint density at radius 3 is 2.55 bits per heavy atom. The second-order valence-electron chi connectivity index (χ2n) is 9.65. The van der Waals surface area contributed by atoms with Gasteiger partial charge < -0.3 is 20.1 Å². The Hall–Kier alpha value is -4.75. The third-order valence-electron chi connectivity index (χ3n) is 6.47. The van der Waals surface area contributed by atoms with Gasteiger partial charge in [-0.25, -0.2) is 14.5 Å². The first kappa shape index (κ1) is 30.2. The van der Waals surface area contributed by atoms with Crippen LogP contribution in [0, 0.1) is 0 Å². The number of aryl methyl sites for hydroxylation is 3. The van der Waals surface area contributed by atoms with E-state index in [1.165, 1.54) is 5.56 Å². The number of hydrogen-bond acceptors (Lipinski definition) is 8. The van der Waals surface area contributed by atoms with Crippen molar-refractivity contribution in [3.8, 4) is 5.69 Å². The van der Waals surface area contributed by atoms with Crippen molar-refractivity contribution in [1.82, 2.24) is 24.9 Å². The van der Waals surface area contributed by atoms with Crippen LogP contribution < -0.4 is 5.32 Å². The van der Waals surface area contributed by atoms with E-state index in [4.69, 9.17) is 19.4 Å². The SMILES string of the molecule is O=C(O)C(F)(F)F.O=C(O)CC(Cc1nc(CCCc2ccc3c(n2)NCCC3)no1)c1cnn(-c2ccccc2)c1. The van der Waals surface area contributed by atoms with E-state index < -0.39 is 18.1 Å². The molecule has 0 saturated heterocycles. The zero-order valence-corrected chi connectivity index (χ0v) is 22.4. The van der Waals surface area contributed by atoms with Crippen LogP contribution >= 0.6 is 0 Å². The number of hydrogen-bond donors (Lipinski definition) is 3. The average Bonchev–Trinajstić information content (AvgIpc) is 3.63. The van der Waals surface area contributed by atoms with Crippen molar-refractivity contribution in [2.24, 2.45) is 0 Å². The van der Waals surface area contributed by atoms with Crippen molar-refractivity contribution in [3.05, 3.63) is 83.4 Å².